The molecule has 0 spiro atoms. The average molecular weight is 333 g/mol. The van der Waals surface area contributed by atoms with Crippen LogP contribution in [0.4, 0.5) is 5.69 Å². The number of furan rings is 1. The van der Waals surface area contributed by atoms with Crippen LogP contribution in [0.2, 0.25) is 5.02 Å². The van der Waals surface area contributed by atoms with Gasteiger partial charge in [0.25, 0.3) is 5.91 Å². The first kappa shape index (κ1) is 15.2. The van der Waals surface area contributed by atoms with Gasteiger partial charge in [0.1, 0.15) is 11.5 Å². The lowest BCUT2D eigenvalue weighted by atomic mass is 10.2. The number of hydrogen-bond acceptors (Lipinski definition) is 5. The lowest BCUT2D eigenvalue weighted by Gasteiger charge is -2.07. The second-order valence-corrected chi connectivity index (χ2v) is 5.15. The maximum Gasteiger partial charge on any atom is 0.278 e. The van der Waals surface area contributed by atoms with Crippen LogP contribution in [-0.2, 0) is 0 Å². The van der Waals surface area contributed by atoms with Gasteiger partial charge in [0, 0.05) is 5.69 Å². The van der Waals surface area contributed by atoms with Gasteiger partial charge in [0.05, 0.1) is 12.1 Å². The van der Waals surface area contributed by atoms with Crippen molar-refractivity contribution >= 4 is 23.2 Å². The van der Waals surface area contributed by atoms with Gasteiger partial charge >= 0.3 is 0 Å². The molecule has 0 bridgehead atoms. The summed E-state index contributed by atoms with van der Waals surface area (Å²) in [5, 5.41) is 3.11. The van der Waals surface area contributed by atoms with E-state index in [-0.39, 0.29) is 11.5 Å². The van der Waals surface area contributed by atoms with E-state index in [0.29, 0.717) is 28.0 Å². The molecule has 0 saturated carbocycles. The molecule has 1 amide bonds. The Hall–Kier alpha value is -2.73. The first-order chi connectivity index (χ1) is 11.1. The second kappa shape index (κ2) is 6.18. The standard InChI is InChI=1S/C16H13ClN2O4/c1-9-3-5-13(23-9)15-14(18-8-22-15)16(20)19-10-4-6-12(21-2)11(17)7-10/h3-8H,1-2H3,(H,19,20). The lowest BCUT2D eigenvalue weighted by Crippen LogP contribution is -2.13. The van der Waals surface area contributed by atoms with E-state index in [1.807, 2.05) is 0 Å². The minimum atomic E-state index is -0.427. The van der Waals surface area contributed by atoms with Crippen molar-refractivity contribution in [3.05, 3.63) is 53.2 Å². The van der Waals surface area contributed by atoms with Crippen molar-refractivity contribution in [3.8, 4) is 17.3 Å². The zero-order valence-electron chi connectivity index (χ0n) is 12.4. The van der Waals surface area contributed by atoms with Crippen molar-refractivity contribution in [1.29, 1.82) is 0 Å². The number of anilines is 1. The predicted octanol–water partition coefficient (Wildman–Crippen LogP) is 4.16. The topological polar surface area (TPSA) is 77.5 Å². The Morgan fingerprint density at radius 1 is 1.30 bits per heavy atom. The highest BCUT2D eigenvalue weighted by molar-refractivity contribution is 6.32. The normalized spacial score (nSPS) is 10.6. The van der Waals surface area contributed by atoms with E-state index >= 15 is 0 Å². The number of oxazole rings is 1. The van der Waals surface area contributed by atoms with Crippen molar-refractivity contribution in [2.75, 3.05) is 12.4 Å². The third kappa shape index (κ3) is 3.07. The largest absolute Gasteiger partial charge is 0.495 e. The maximum atomic E-state index is 12.4. The zero-order chi connectivity index (χ0) is 16.4. The van der Waals surface area contributed by atoms with Crippen LogP contribution in [-0.4, -0.2) is 18.0 Å². The van der Waals surface area contributed by atoms with Crippen LogP contribution in [0.3, 0.4) is 0 Å². The van der Waals surface area contributed by atoms with Gasteiger partial charge in [-0.3, -0.25) is 4.79 Å². The molecule has 0 fully saturated rings. The predicted molar refractivity (Wildman–Crippen MR) is 84.9 cm³/mol. The highest BCUT2D eigenvalue weighted by Gasteiger charge is 2.21. The SMILES string of the molecule is COc1ccc(NC(=O)c2ncoc2-c2ccc(C)o2)cc1Cl. The molecule has 0 aliphatic rings. The van der Waals surface area contributed by atoms with Gasteiger partial charge < -0.3 is 18.9 Å². The number of ether oxygens (including phenoxy) is 1. The van der Waals surface area contributed by atoms with Crippen molar-refractivity contribution in [1.82, 2.24) is 4.98 Å². The summed E-state index contributed by atoms with van der Waals surface area (Å²) in [6, 6.07) is 8.44. The minimum Gasteiger partial charge on any atom is -0.495 e. The molecule has 2 aromatic heterocycles. The summed E-state index contributed by atoms with van der Waals surface area (Å²) in [5.74, 6) is 1.53. The summed E-state index contributed by atoms with van der Waals surface area (Å²) in [4.78, 5) is 16.3. The van der Waals surface area contributed by atoms with Gasteiger partial charge in [0.15, 0.2) is 17.8 Å². The molecule has 0 unspecified atom stereocenters. The Balaban J connectivity index is 1.85. The first-order valence-electron chi connectivity index (χ1n) is 6.73. The van der Waals surface area contributed by atoms with Gasteiger partial charge in [0.2, 0.25) is 5.76 Å². The van der Waals surface area contributed by atoms with Crippen molar-refractivity contribution in [3.63, 3.8) is 0 Å². The Labute approximate surface area is 137 Å². The number of hydrogen-bond donors (Lipinski definition) is 1. The molecular formula is C16H13ClN2O4. The molecule has 7 heteroatoms. The van der Waals surface area contributed by atoms with Crippen LogP contribution in [0.5, 0.6) is 5.75 Å². The van der Waals surface area contributed by atoms with Crippen LogP contribution >= 0.6 is 11.6 Å². The van der Waals surface area contributed by atoms with Gasteiger partial charge in [-0.1, -0.05) is 11.6 Å². The van der Waals surface area contributed by atoms with Crippen molar-refractivity contribution in [2.45, 2.75) is 6.92 Å². The fourth-order valence-corrected chi connectivity index (χ4v) is 2.33. The molecule has 6 nitrogen and oxygen atoms in total. The first-order valence-corrected chi connectivity index (χ1v) is 7.11. The molecule has 1 aromatic carbocycles. The van der Waals surface area contributed by atoms with Crippen LogP contribution in [0.1, 0.15) is 16.2 Å². The molecule has 0 aliphatic carbocycles. The average Bonchev–Trinajstić information content (AvgIpc) is 3.15. The van der Waals surface area contributed by atoms with Gasteiger partial charge in [-0.15, -0.1) is 0 Å². The van der Waals surface area contributed by atoms with Crippen molar-refractivity contribution < 1.29 is 18.4 Å². The summed E-state index contributed by atoms with van der Waals surface area (Å²) in [6.45, 7) is 1.80. The van der Waals surface area contributed by atoms with E-state index in [4.69, 9.17) is 25.2 Å². The van der Waals surface area contributed by atoms with E-state index in [1.165, 1.54) is 13.5 Å². The summed E-state index contributed by atoms with van der Waals surface area (Å²) in [5.41, 5.74) is 0.650. The number of amides is 1. The van der Waals surface area contributed by atoms with Gasteiger partial charge in [-0.2, -0.15) is 0 Å². The summed E-state index contributed by atoms with van der Waals surface area (Å²) in [7, 11) is 1.52. The molecule has 118 valence electrons. The molecule has 3 aromatic rings. The fourth-order valence-electron chi connectivity index (χ4n) is 2.07. The molecule has 0 atom stereocenters. The van der Waals surface area contributed by atoms with Crippen LogP contribution in [0, 0.1) is 6.92 Å². The zero-order valence-corrected chi connectivity index (χ0v) is 13.2. The fraction of sp³-hybridized carbons (Fsp3) is 0.125. The Bertz CT molecular complexity index is 853. The highest BCUT2D eigenvalue weighted by Crippen LogP contribution is 2.29. The van der Waals surface area contributed by atoms with Crippen LogP contribution in [0.15, 0.2) is 45.6 Å². The molecule has 3 rings (SSSR count). The maximum absolute atomic E-state index is 12.4. The third-order valence-corrected chi connectivity index (χ3v) is 3.45. The molecule has 23 heavy (non-hydrogen) atoms. The molecular weight excluding hydrogens is 320 g/mol. The number of aryl methyl sites for hydroxylation is 1. The van der Waals surface area contributed by atoms with E-state index in [2.05, 4.69) is 10.3 Å². The lowest BCUT2D eigenvalue weighted by molar-refractivity contribution is 0.102. The molecule has 1 N–H and O–H groups in total. The highest BCUT2D eigenvalue weighted by atomic mass is 35.5. The van der Waals surface area contributed by atoms with Crippen molar-refractivity contribution in [2.24, 2.45) is 0 Å². The molecule has 2 heterocycles. The van der Waals surface area contributed by atoms with E-state index < -0.39 is 5.91 Å². The van der Waals surface area contributed by atoms with Crippen LogP contribution < -0.4 is 10.1 Å². The van der Waals surface area contributed by atoms with Gasteiger partial charge in [-0.25, -0.2) is 4.98 Å². The van der Waals surface area contributed by atoms with Gasteiger partial charge in [-0.05, 0) is 37.3 Å². The number of halogens is 1. The Morgan fingerprint density at radius 2 is 2.13 bits per heavy atom. The number of carbonyl (C=O) groups excluding carboxylic acids is 1. The quantitative estimate of drug-likeness (QED) is 0.776. The van der Waals surface area contributed by atoms with E-state index in [0.717, 1.165) is 0 Å². The monoisotopic (exact) mass is 332 g/mol. The summed E-state index contributed by atoms with van der Waals surface area (Å²) in [6.07, 6.45) is 1.20. The Kier molecular flexibility index (Phi) is 4.08. The molecule has 0 saturated heterocycles. The Morgan fingerprint density at radius 3 is 2.78 bits per heavy atom. The summed E-state index contributed by atoms with van der Waals surface area (Å²) < 4.78 is 15.8. The minimum absolute atomic E-state index is 0.131. The molecule has 0 aliphatic heterocycles. The number of methoxy groups -OCH3 is 1. The van der Waals surface area contributed by atoms with E-state index in [1.54, 1.807) is 37.3 Å². The summed E-state index contributed by atoms with van der Waals surface area (Å²) >= 11 is 6.04. The number of nitrogens with one attached hydrogen (secondary N) is 1. The smallest absolute Gasteiger partial charge is 0.278 e. The number of nitrogens with zero attached hydrogens (tertiary/aromatic N) is 1. The third-order valence-electron chi connectivity index (χ3n) is 3.16. The number of aromatic nitrogens is 1. The van der Waals surface area contributed by atoms with Crippen LogP contribution in [0.25, 0.3) is 11.5 Å². The molecule has 0 radical (unpaired) electrons. The number of rotatable bonds is 4. The number of benzene rings is 1. The second-order valence-electron chi connectivity index (χ2n) is 4.74. The number of carbonyl (C=O) groups is 1. The van der Waals surface area contributed by atoms with E-state index in [9.17, 15) is 4.79 Å².